The van der Waals surface area contributed by atoms with Gasteiger partial charge in [0.2, 0.25) is 0 Å². The van der Waals surface area contributed by atoms with Crippen LogP contribution in [-0.4, -0.2) is 70.8 Å². The van der Waals surface area contributed by atoms with Crippen molar-refractivity contribution in [1.29, 1.82) is 0 Å². The van der Waals surface area contributed by atoms with Gasteiger partial charge in [0, 0.05) is 55.3 Å². The maximum absolute atomic E-state index is 13.4. The van der Waals surface area contributed by atoms with Crippen LogP contribution >= 0.6 is 0 Å². The minimum absolute atomic E-state index is 0.0532. The second kappa shape index (κ2) is 9.70. The SMILES string of the molecule is C=NN1C=C(C)C(N2CC[C@H](N)C2)=N/C1=C/C1CCCCN1C(=O)c1cccc(C(C)=O)c1. The fourth-order valence-corrected chi connectivity index (χ4v) is 4.67. The second-order valence-electron chi connectivity index (χ2n) is 8.95. The van der Waals surface area contributed by atoms with E-state index in [1.165, 1.54) is 6.92 Å². The maximum Gasteiger partial charge on any atom is 0.254 e. The summed E-state index contributed by atoms with van der Waals surface area (Å²) in [6.45, 7) is 9.53. The highest BCUT2D eigenvalue weighted by Crippen LogP contribution is 2.27. The summed E-state index contributed by atoms with van der Waals surface area (Å²) in [5, 5.41) is 5.80. The Morgan fingerprint density at radius 3 is 2.70 bits per heavy atom. The Morgan fingerprint density at radius 2 is 2.00 bits per heavy atom. The largest absolute Gasteiger partial charge is 0.355 e. The fraction of sp³-hybridized carbons (Fsp3) is 0.440. The predicted molar refractivity (Wildman–Crippen MR) is 130 cm³/mol. The van der Waals surface area contributed by atoms with Gasteiger partial charge in [0.1, 0.15) is 5.84 Å². The van der Waals surface area contributed by atoms with Crippen molar-refractivity contribution < 1.29 is 9.59 Å². The number of likely N-dealkylation sites (tertiary alicyclic amines) is 2. The number of carbonyl (C=O) groups is 2. The third-order valence-corrected chi connectivity index (χ3v) is 6.47. The fourth-order valence-electron chi connectivity index (χ4n) is 4.67. The number of amides is 1. The van der Waals surface area contributed by atoms with Crippen LogP contribution in [0.2, 0.25) is 0 Å². The van der Waals surface area contributed by atoms with Crippen LogP contribution in [0.3, 0.4) is 0 Å². The highest BCUT2D eigenvalue weighted by atomic mass is 16.2. The van der Waals surface area contributed by atoms with Gasteiger partial charge in [0.05, 0.1) is 6.04 Å². The predicted octanol–water partition coefficient (Wildman–Crippen LogP) is 2.99. The van der Waals surface area contributed by atoms with E-state index in [1.54, 1.807) is 29.3 Å². The lowest BCUT2D eigenvalue weighted by Gasteiger charge is -2.35. The average molecular weight is 449 g/mol. The molecule has 0 aromatic heterocycles. The van der Waals surface area contributed by atoms with Crippen LogP contribution in [0, 0.1) is 0 Å². The van der Waals surface area contributed by atoms with Gasteiger partial charge >= 0.3 is 0 Å². The van der Waals surface area contributed by atoms with Crippen molar-refractivity contribution in [2.24, 2.45) is 15.8 Å². The van der Waals surface area contributed by atoms with E-state index in [4.69, 9.17) is 10.7 Å². The number of amidine groups is 1. The molecule has 33 heavy (non-hydrogen) atoms. The number of aliphatic imine (C=N–C) groups is 1. The number of hydrazone groups is 1. The number of ketones is 1. The van der Waals surface area contributed by atoms with Gasteiger partial charge in [-0.1, -0.05) is 12.1 Å². The van der Waals surface area contributed by atoms with E-state index in [-0.39, 0.29) is 23.8 Å². The quantitative estimate of drug-likeness (QED) is 0.564. The number of benzene rings is 1. The average Bonchev–Trinajstić information content (AvgIpc) is 3.25. The first kappa shape index (κ1) is 22.9. The number of nitrogens with zero attached hydrogens (tertiary/aromatic N) is 5. The number of carbonyl (C=O) groups excluding carboxylic acids is 2. The molecule has 2 saturated heterocycles. The molecule has 3 aliphatic heterocycles. The van der Waals surface area contributed by atoms with Crippen LogP contribution < -0.4 is 5.73 Å². The molecule has 8 nitrogen and oxygen atoms in total. The van der Waals surface area contributed by atoms with Crippen LogP contribution in [0.5, 0.6) is 0 Å². The van der Waals surface area contributed by atoms with Gasteiger partial charge in [-0.2, -0.15) is 5.10 Å². The number of hydrogen-bond acceptors (Lipinski definition) is 7. The first-order valence-electron chi connectivity index (χ1n) is 11.5. The Morgan fingerprint density at radius 1 is 1.21 bits per heavy atom. The smallest absolute Gasteiger partial charge is 0.254 e. The van der Waals surface area contributed by atoms with Crippen LogP contribution in [0.25, 0.3) is 0 Å². The maximum atomic E-state index is 13.4. The molecule has 174 valence electrons. The molecule has 0 radical (unpaired) electrons. The van der Waals surface area contributed by atoms with Crippen molar-refractivity contribution in [1.82, 2.24) is 14.8 Å². The summed E-state index contributed by atoms with van der Waals surface area (Å²) in [5.74, 6) is 1.43. The van der Waals surface area contributed by atoms with Gasteiger partial charge in [-0.15, -0.1) is 0 Å². The van der Waals surface area contributed by atoms with E-state index in [0.717, 1.165) is 50.2 Å². The Labute approximate surface area is 195 Å². The molecule has 2 atom stereocenters. The molecular formula is C25H32N6O2. The molecule has 8 heteroatoms. The lowest BCUT2D eigenvalue weighted by Crippen LogP contribution is -2.43. The summed E-state index contributed by atoms with van der Waals surface area (Å²) < 4.78 is 0. The summed E-state index contributed by atoms with van der Waals surface area (Å²) in [5.41, 5.74) is 8.19. The number of hydrogen-bond donors (Lipinski definition) is 1. The molecule has 1 aromatic rings. The van der Waals surface area contributed by atoms with Crippen molar-refractivity contribution in [2.45, 2.75) is 51.6 Å². The molecule has 3 heterocycles. The van der Waals surface area contributed by atoms with E-state index in [9.17, 15) is 9.59 Å². The second-order valence-corrected chi connectivity index (χ2v) is 8.95. The summed E-state index contributed by atoms with van der Waals surface area (Å²) in [6, 6.07) is 6.98. The molecule has 0 bridgehead atoms. The van der Waals surface area contributed by atoms with Gasteiger partial charge in [-0.3, -0.25) is 9.59 Å². The van der Waals surface area contributed by atoms with Crippen molar-refractivity contribution in [3.8, 4) is 0 Å². The topological polar surface area (TPSA) is 94.6 Å². The monoisotopic (exact) mass is 448 g/mol. The summed E-state index contributed by atoms with van der Waals surface area (Å²) in [4.78, 5) is 34.2. The molecule has 4 rings (SSSR count). The third kappa shape index (κ3) is 4.90. The van der Waals surface area contributed by atoms with Crippen molar-refractivity contribution in [2.75, 3.05) is 19.6 Å². The Bertz CT molecular complexity index is 1040. The van der Waals surface area contributed by atoms with Crippen molar-refractivity contribution >= 4 is 24.2 Å². The summed E-state index contributed by atoms with van der Waals surface area (Å²) >= 11 is 0. The highest BCUT2D eigenvalue weighted by molar-refractivity contribution is 6.00. The van der Waals surface area contributed by atoms with Crippen LogP contribution in [-0.2, 0) is 0 Å². The number of piperidine rings is 1. The first-order chi connectivity index (χ1) is 15.9. The zero-order valence-electron chi connectivity index (χ0n) is 19.4. The molecule has 1 unspecified atom stereocenters. The van der Waals surface area contributed by atoms with E-state index in [2.05, 4.69) is 16.7 Å². The molecule has 1 aromatic carbocycles. The molecule has 2 fully saturated rings. The van der Waals surface area contributed by atoms with E-state index >= 15 is 0 Å². The standard InChI is InChI=1S/C25H32N6O2/c1-17-15-31(27-3)23(28-24(17)29-12-10-21(26)16-29)14-22-9-4-5-11-30(22)25(33)20-8-6-7-19(13-20)18(2)32/h6-8,13-15,21-22H,3-5,9-12,16,26H2,1-2H3/b23-14-/t21-,22?/m0/s1. The van der Waals surface area contributed by atoms with E-state index < -0.39 is 0 Å². The van der Waals surface area contributed by atoms with Gasteiger partial charge < -0.3 is 15.5 Å². The van der Waals surface area contributed by atoms with Gasteiger partial charge in [0.25, 0.3) is 5.91 Å². The highest BCUT2D eigenvalue weighted by Gasteiger charge is 2.30. The minimum atomic E-state index is -0.121. The molecule has 3 aliphatic rings. The molecule has 2 N–H and O–H groups in total. The molecule has 0 saturated carbocycles. The minimum Gasteiger partial charge on any atom is -0.355 e. The van der Waals surface area contributed by atoms with Gasteiger partial charge in [-0.05, 0) is 57.7 Å². The lowest BCUT2D eigenvalue weighted by molar-refractivity contribution is 0.0662. The Balaban J connectivity index is 1.64. The van der Waals surface area contributed by atoms with E-state index in [1.807, 2.05) is 24.1 Å². The molecule has 1 amide bonds. The van der Waals surface area contributed by atoms with Crippen molar-refractivity contribution in [3.05, 3.63) is 59.1 Å². The number of Topliss-reactive ketones (excluding diaryl/α,β-unsaturated/α-hetero) is 1. The Hall–Kier alpha value is -3.26. The lowest BCUT2D eigenvalue weighted by atomic mass is 9.99. The van der Waals surface area contributed by atoms with Crippen LogP contribution in [0.1, 0.15) is 60.2 Å². The summed E-state index contributed by atoms with van der Waals surface area (Å²) in [7, 11) is 0. The van der Waals surface area contributed by atoms with Crippen LogP contribution in [0.15, 0.2) is 58.0 Å². The number of rotatable bonds is 4. The normalized spacial score (nSPS) is 24.6. The third-order valence-electron chi connectivity index (χ3n) is 6.47. The van der Waals surface area contributed by atoms with Gasteiger partial charge in [0.15, 0.2) is 11.6 Å². The zero-order chi connectivity index (χ0) is 23.5. The van der Waals surface area contributed by atoms with Crippen molar-refractivity contribution in [3.63, 3.8) is 0 Å². The molecule has 0 aliphatic carbocycles. The first-order valence-corrected chi connectivity index (χ1v) is 11.5. The number of nitrogens with two attached hydrogens (primary N) is 1. The summed E-state index contributed by atoms with van der Waals surface area (Å²) in [6.07, 6.45) is 7.70. The molecular weight excluding hydrogens is 416 g/mol. The van der Waals surface area contributed by atoms with Crippen LogP contribution in [0.4, 0.5) is 0 Å². The van der Waals surface area contributed by atoms with Gasteiger partial charge in [-0.25, -0.2) is 10.0 Å². The molecule has 0 spiro atoms. The zero-order valence-corrected chi connectivity index (χ0v) is 19.4. The Kier molecular flexibility index (Phi) is 6.74. The van der Waals surface area contributed by atoms with E-state index in [0.29, 0.717) is 23.5 Å².